The molecule has 0 aromatic heterocycles. The quantitative estimate of drug-likeness (QED) is 0.812. The van der Waals surface area contributed by atoms with Gasteiger partial charge in [-0.3, -0.25) is 0 Å². The highest BCUT2D eigenvalue weighted by Gasteiger charge is 2.40. The van der Waals surface area contributed by atoms with E-state index in [1.807, 2.05) is 13.1 Å². The van der Waals surface area contributed by atoms with Crippen molar-refractivity contribution in [3.8, 4) is 0 Å². The lowest BCUT2D eigenvalue weighted by molar-refractivity contribution is 0.421. The third kappa shape index (κ3) is 3.47. The molecule has 0 unspecified atom stereocenters. The molecule has 3 heteroatoms. The lowest BCUT2D eigenvalue weighted by atomic mass is 10.1. The Hall–Kier alpha value is -1.09. The van der Waals surface area contributed by atoms with Gasteiger partial charge in [-0.05, 0) is 55.7 Å². The van der Waals surface area contributed by atoms with Crippen LogP contribution in [0.3, 0.4) is 0 Å². The van der Waals surface area contributed by atoms with Gasteiger partial charge in [-0.15, -0.1) is 0 Å². The molecule has 0 aliphatic heterocycles. The van der Waals surface area contributed by atoms with Crippen LogP contribution in [0.1, 0.15) is 25.7 Å². The molecule has 19 heavy (non-hydrogen) atoms. The van der Waals surface area contributed by atoms with Gasteiger partial charge in [0.2, 0.25) is 0 Å². The third-order valence-electron chi connectivity index (χ3n) is 4.34. The highest BCUT2D eigenvalue weighted by molar-refractivity contribution is 5.45. The average molecular weight is 262 g/mol. The van der Waals surface area contributed by atoms with Crippen LogP contribution in [0, 0.1) is 17.7 Å². The normalized spacial score (nSPS) is 18.9. The summed E-state index contributed by atoms with van der Waals surface area (Å²) in [6, 6.07) is 7.57. The topological polar surface area (TPSA) is 15.3 Å². The number of likely N-dealkylation sites (N-methyl/N-ethyl adjacent to an activating group) is 1. The number of rotatable bonds is 7. The molecule has 2 aliphatic carbocycles. The van der Waals surface area contributed by atoms with Crippen LogP contribution >= 0.6 is 0 Å². The fraction of sp³-hybridized carbons (Fsp3) is 0.625. The van der Waals surface area contributed by atoms with Gasteiger partial charge in [0, 0.05) is 31.9 Å². The Labute approximate surface area is 115 Å². The van der Waals surface area contributed by atoms with Crippen molar-refractivity contribution in [1.29, 1.82) is 0 Å². The molecule has 0 heterocycles. The van der Waals surface area contributed by atoms with Crippen LogP contribution in [0.5, 0.6) is 0 Å². The van der Waals surface area contributed by atoms with E-state index in [2.05, 4.69) is 10.2 Å². The summed E-state index contributed by atoms with van der Waals surface area (Å²) in [5.41, 5.74) is 0.955. The van der Waals surface area contributed by atoms with Crippen molar-refractivity contribution in [2.75, 3.05) is 25.0 Å². The largest absolute Gasteiger partial charge is 0.373 e. The third-order valence-corrected chi connectivity index (χ3v) is 4.34. The number of anilines is 1. The number of nitrogens with one attached hydrogen (secondary N) is 1. The first-order valence-corrected chi connectivity index (χ1v) is 7.44. The van der Waals surface area contributed by atoms with E-state index < -0.39 is 0 Å². The first-order chi connectivity index (χ1) is 9.24. The minimum atomic E-state index is -0.161. The summed E-state index contributed by atoms with van der Waals surface area (Å²) in [6.07, 6.45) is 5.64. The van der Waals surface area contributed by atoms with Crippen LogP contribution in [-0.2, 0) is 0 Å². The standard InChI is InChI=1S/C16H23FN2/c1-19(15-4-2-3-14(17)11-15)10-9-18-16(12-5-6-12)13-7-8-13/h2-4,11-13,16,18H,5-10H2,1H3. The van der Waals surface area contributed by atoms with E-state index in [-0.39, 0.29) is 5.82 Å². The SMILES string of the molecule is CN(CCNC(C1CC1)C1CC1)c1cccc(F)c1. The molecule has 104 valence electrons. The van der Waals surface area contributed by atoms with E-state index in [1.54, 1.807) is 12.1 Å². The molecule has 0 spiro atoms. The first kappa shape index (κ1) is 12.9. The minimum absolute atomic E-state index is 0.161. The van der Waals surface area contributed by atoms with Crippen molar-refractivity contribution in [1.82, 2.24) is 5.32 Å². The summed E-state index contributed by atoms with van der Waals surface area (Å²) in [5, 5.41) is 3.72. The number of hydrogen-bond acceptors (Lipinski definition) is 2. The molecule has 0 radical (unpaired) electrons. The fourth-order valence-electron chi connectivity index (χ4n) is 2.87. The van der Waals surface area contributed by atoms with Gasteiger partial charge >= 0.3 is 0 Å². The first-order valence-electron chi connectivity index (χ1n) is 7.44. The van der Waals surface area contributed by atoms with E-state index in [4.69, 9.17) is 0 Å². The van der Waals surface area contributed by atoms with E-state index >= 15 is 0 Å². The number of nitrogens with zero attached hydrogens (tertiary/aromatic N) is 1. The Morgan fingerprint density at radius 1 is 1.26 bits per heavy atom. The Kier molecular flexibility index (Phi) is 3.74. The summed E-state index contributed by atoms with van der Waals surface area (Å²) in [4.78, 5) is 2.12. The average Bonchev–Trinajstić information content (AvgIpc) is 3.28. The summed E-state index contributed by atoms with van der Waals surface area (Å²) in [5.74, 6) is 1.71. The van der Waals surface area contributed by atoms with Gasteiger partial charge in [-0.1, -0.05) is 6.07 Å². The molecule has 1 aromatic rings. The molecule has 2 saturated carbocycles. The number of benzene rings is 1. The molecule has 0 saturated heterocycles. The maximum absolute atomic E-state index is 13.2. The molecule has 2 nitrogen and oxygen atoms in total. The van der Waals surface area contributed by atoms with Crippen LogP contribution < -0.4 is 10.2 Å². The highest BCUT2D eigenvalue weighted by atomic mass is 19.1. The Morgan fingerprint density at radius 3 is 2.53 bits per heavy atom. The number of halogens is 1. The lowest BCUT2D eigenvalue weighted by Gasteiger charge is -2.23. The zero-order chi connectivity index (χ0) is 13.2. The molecule has 1 N–H and O–H groups in total. The van der Waals surface area contributed by atoms with Gasteiger partial charge in [0.05, 0.1) is 0 Å². The van der Waals surface area contributed by atoms with Crippen molar-refractivity contribution in [3.05, 3.63) is 30.1 Å². The molecule has 2 aliphatic rings. The lowest BCUT2D eigenvalue weighted by Crippen LogP contribution is -2.38. The van der Waals surface area contributed by atoms with E-state index in [0.717, 1.165) is 36.7 Å². The molecule has 3 rings (SSSR count). The molecular weight excluding hydrogens is 239 g/mol. The summed E-state index contributed by atoms with van der Waals surface area (Å²) in [7, 11) is 2.03. The predicted molar refractivity (Wildman–Crippen MR) is 76.9 cm³/mol. The van der Waals surface area contributed by atoms with Gasteiger partial charge in [-0.2, -0.15) is 0 Å². The predicted octanol–water partition coefficient (Wildman–Crippen LogP) is 3.04. The summed E-state index contributed by atoms with van der Waals surface area (Å²) >= 11 is 0. The Balaban J connectivity index is 1.46. The monoisotopic (exact) mass is 262 g/mol. The fourth-order valence-corrected chi connectivity index (χ4v) is 2.87. The molecule has 0 amide bonds. The second kappa shape index (κ2) is 5.49. The van der Waals surface area contributed by atoms with Gasteiger partial charge in [0.25, 0.3) is 0 Å². The van der Waals surface area contributed by atoms with Gasteiger partial charge in [0.1, 0.15) is 5.82 Å². The smallest absolute Gasteiger partial charge is 0.125 e. The van der Waals surface area contributed by atoms with Crippen molar-refractivity contribution in [2.45, 2.75) is 31.7 Å². The van der Waals surface area contributed by atoms with E-state index in [1.165, 1.54) is 31.7 Å². The maximum Gasteiger partial charge on any atom is 0.125 e. The molecule has 1 aromatic carbocycles. The van der Waals surface area contributed by atoms with Crippen molar-refractivity contribution in [2.24, 2.45) is 11.8 Å². The zero-order valence-electron chi connectivity index (χ0n) is 11.6. The van der Waals surface area contributed by atoms with E-state index in [9.17, 15) is 4.39 Å². The second-order valence-corrected chi connectivity index (χ2v) is 6.06. The molecule has 0 atom stereocenters. The van der Waals surface area contributed by atoms with Crippen LogP contribution in [0.15, 0.2) is 24.3 Å². The molecule has 2 fully saturated rings. The van der Waals surface area contributed by atoms with Crippen molar-refractivity contribution >= 4 is 5.69 Å². The summed E-state index contributed by atoms with van der Waals surface area (Å²) < 4.78 is 13.2. The van der Waals surface area contributed by atoms with Gasteiger partial charge in [-0.25, -0.2) is 4.39 Å². The van der Waals surface area contributed by atoms with E-state index in [0.29, 0.717) is 0 Å². The minimum Gasteiger partial charge on any atom is -0.373 e. The van der Waals surface area contributed by atoms with Crippen LogP contribution in [0.4, 0.5) is 10.1 Å². The van der Waals surface area contributed by atoms with Crippen LogP contribution in [-0.4, -0.2) is 26.2 Å². The maximum atomic E-state index is 13.2. The van der Waals surface area contributed by atoms with Crippen molar-refractivity contribution in [3.63, 3.8) is 0 Å². The van der Waals surface area contributed by atoms with Crippen LogP contribution in [0.2, 0.25) is 0 Å². The van der Waals surface area contributed by atoms with Gasteiger partial charge < -0.3 is 10.2 Å². The van der Waals surface area contributed by atoms with Gasteiger partial charge in [0.15, 0.2) is 0 Å². The van der Waals surface area contributed by atoms with Crippen LogP contribution in [0.25, 0.3) is 0 Å². The summed E-state index contributed by atoms with van der Waals surface area (Å²) in [6.45, 7) is 1.92. The Morgan fingerprint density at radius 2 is 1.95 bits per heavy atom. The zero-order valence-corrected chi connectivity index (χ0v) is 11.6. The highest BCUT2D eigenvalue weighted by Crippen LogP contribution is 2.44. The van der Waals surface area contributed by atoms with Crippen molar-refractivity contribution < 1.29 is 4.39 Å². The molecular formula is C16H23FN2. The number of hydrogen-bond donors (Lipinski definition) is 1. The Bertz CT molecular complexity index is 415. The second-order valence-electron chi connectivity index (χ2n) is 6.06. The molecule has 0 bridgehead atoms.